The maximum absolute atomic E-state index is 12.3. The van der Waals surface area contributed by atoms with Crippen molar-refractivity contribution >= 4 is 17.7 Å². The number of hydrogen-bond acceptors (Lipinski definition) is 3. The summed E-state index contributed by atoms with van der Waals surface area (Å²) in [5, 5.41) is 5.49. The fourth-order valence-corrected chi connectivity index (χ4v) is 2.08. The molecular formula is C17H33N3O3. The molecule has 0 bridgehead atoms. The van der Waals surface area contributed by atoms with Gasteiger partial charge in [-0.15, -0.1) is 0 Å². The van der Waals surface area contributed by atoms with Crippen LogP contribution in [0.3, 0.4) is 0 Å². The zero-order valence-corrected chi connectivity index (χ0v) is 15.0. The quantitative estimate of drug-likeness (QED) is 0.507. The van der Waals surface area contributed by atoms with Crippen LogP contribution in [-0.4, -0.2) is 48.8 Å². The van der Waals surface area contributed by atoms with Gasteiger partial charge < -0.3 is 15.5 Å². The summed E-state index contributed by atoms with van der Waals surface area (Å²) >= 11 is 0. The molecule has 0 fully saturated rings. The van der Waals surface area contributed by atoms with E-state index in [4.69, 9.17) is 0 Å². The third-order valence-corrected chi connectivity index (χ3v) is 3.41. The third kappa shape index (κ3) is 11.6. The highest BCUT2D eigenvalue weighted by Gasteiger charge is 2.19. The predicted molar refractivity (Wildman–Crippen MR) is 91.9 cm³/mol. The standard InChI is InChI=1S/C17H33N3O3/c1-4-7-8-9-10-17(23)20(13-15(21)18-11-5-2)14-16(22)19-12-6-3/h4-14H2,1-3H3,(H,18,21)(H,19,22). The summed E-state index contributed by atoms with van der Waals surface area (Å²) in [7, 11) is 0. The first-order valence-corrected chi connectivity index (χ1v) is 8.86. The van der Waals surface area contributed by atoms with E-state index in [0.717, 1.165) is 38.5 Å². The third-order valence-electron chi connectivity index (χ3n) is 3.41. The zero-order valence-electron chi connectivity index (χ0n) is 15.0. The SMILES string of the molecule is CCCCCCC(=O)N(CC(=O)NCCC)CC(=O)NCCC. The summed E-state index contributed by atoms with van der Waals surface area (Å²) in [5.74, 6) is -0.548. The smallest absolute Gasteiger partial charge is 0.239 e. The largest absolute Gasteiger partial charge is 0.355 e. The van der Waals surface area contributed by atoms with Gasteiger partial charge in [0.05, 0.1) is 0 Å². The van der Waals surface area contributed by atoms with E-state index in [0.29, 0.717) is 19.5 Å². The lowest BCUT2D eigenvalue weighted by Gasteiger charge is -2.22. The molecule has 0 aliphatic heterocycles. The van der Waals surface area contributed by atoms with Crippen LogP contribution in [0.25, 0.3) is 0 Å². The monoisotopic (exact) mass is 327 g/mol. The lowest BCUT2D eigenvalue weighted by Crippen LogP contribution is -2.46. The molecule has 0 unspecified atom stereocenters. The molecule has 0 atom stereocenters. The first kappa shape index (κ1) is 21.4. The Hall–Kier alpha value is -1.59. The molecule has 0 aromatic heterocycles. The molecule has 6 nitrogen and oxygen atoms in total. The Morgan fingerprint density at radius 3 is 1.70 bits per heavy atom. The highest BCUT2D eigenvalue weighted by Crippen LogP contribution is 2.05. The Balaban J connectivity index is 4.48. The molecule has 134 valence electrons. The summed E-state index contributed by atoms with van der Waals surface area (Å²) in [6, 6.07) is 0. The van der Waals surface area contributed by atoms with Gasteiger partial charge in [-0.1, -0.05) is 40.0 Å². The number of rotatable bonds is 13. The number of carbonyl (C=O) groups is 3. The maximum atomic E-state index is 12.3. The van der Waals surface area contributed by atoms with Gasteiger partial charge in [-0.2, -0.15) is 0 Å². The van der Waals surface area contributed by atoms with Crippen LogP contribution >= 0.6 is 0 Å². The Labute approximate surface area is 140 Å². The lowest BCUT2D eigenvalue weighted by atomic mass is 10.1. The van der Waals surface area contributed by atoms with Crippen LogP contribution in [0.15, 0.2) is 0 Å². The molecule has 0 spiro atoms. The number of carbonyl (C=O) groups excluding carboxylic acids is 3. The Bertz CT molecular complexity index is 337. The van der Waals surface area contributed by atoms with Gasteiger partial charge in [-0.25, -0.2) is 0 Å². The van der Waals surface area contributed by atoms with Crippen LogP contribution in [0.2, 0.25) is 0 Å². The molecule has 0 saturated heterocycles. The summed E-state index contributed by atoms with van der Waals surface area (Å²) in [4.78, 5) is 37.4. The molecule has 0 aromatic carbocycles. The van der Waals surface area contributed by atoms with Crippen LogP contribution in [0.4, 0.5) is 0 Å². The first-order valence-electron chi connectivity index (χ1n) is 8.86. The van der Waals surface area contributed by atoms with Crippen LogP contribution in [0.5, 0.6) is 0 Å². The molecule has 0 heterocycles. The van der Waals surface area contributed by atoms with Crippen LogP contribution in [0, 0.1) is 0 Å². The second-order valence-corrected chi connectivity index (χ2v) is 5.76. The molecule has 0 rings (SSSR count). The molecular weight excluding hydrogens is 294 g/mol. The van der Waals surface area contributed by atoms with E-state index in [1.54, 1.807) is 0 Å². The van der Waals surface area contributed by atoms with Gasteiger partial charge in [0.25, 0.3) is 0 Å². The zero-order chi connectivity index (χ0) is 17.5. The van der Waals surface area contributed by atoms with Crippen LogP contribution in [0.1, 0.15) is 65.7 Å². The van der Waals surface area contributed by atoms with E-state index >= 15 is 0 Å². The van der Waals surface area contributed by atoms with Gasteiger partial charge in [-0.3, -0.25) is 14.4 Å². The topological polar surface area (TPSA) is 78.5 Å². The molecule has 23 heavy (non-hydrogen) atoms. The van der Waals surface area contributed by atoms with Crippen molar-refractivity contribution in [2.24, 2.45) is 0 Å². The van der Waals surface area contributed by atoms with Gasteiger partial charge in [0, 0.05) is 19.5 Å². The number of amides is 3. The van der Waals surface area contributed by atoms with Crippen molar-refractivity contribution in [1.29, 1.82) is 0 Å². The van der Waals surface area contributed by atoms with Crippen molar-refractivity contribution in [1.82, 2.24) is 15.5 Å². The van der Waals surface area contributed by atoms with E-state index in [-0.39, 0.29) is 30.8 Å². The van der Waals surface area contributed by atoms with Crippen molar-refractivity contribution in [2.75, 3.05) is 26.2 Å². The number of nitrogens with zero attached hydrogens (tertiary/aromatic N) is 1. The highest BCUT2D eigenvalue weighted by molar-refractivity contribution is 5.89. The Kier molecular flexibility index (Phi) is 13.1. The summed E-state index contributed by atoms with van der Waals surface area (Å²) in [6.45, 7) is 7.12. The second kappa shape index (κ2) is 14.0. The molecule has 0 saturated carbocycles. The number of hydrogen-bond donors (Lipinski definition) is 2. The molecule has 0 aliphatic rings. The molecule has 6 heteroatoms. The van der Waals surface area contributed by atoms with Crippen molar-refractivity contribution in [3.8, 4) is 0 Å². The van der Waals surface area contributed by atoms with Crippen molar-refractivity contribution in [2.45, 2.75) is 65.7 Å². The summed E-state index contributed by atoms with van der Waals surface area (Å²) in [5.41, 5.74) is 0. The fourth-order valence-electron chi connectivity index (χ4n) is 2.08. The molecule has 0 radical (unpaired) electrons. The van der Waals surface area contributed by atoms with E-state index in [1.807, 2.05) is 13.8 Å². The van der Waals surface area contributed by atoms with Gasteiger partial charge in [0.15, 0.2) is 0 Å². The van der Waals surface area contributed by atoms with Gasteiger partial charge in [-0.05, 0) is 19.3 Å². The summed E-state index contributed by atoms with van der Waals surface area (Å²) < 4.78 is 0. The minimum Gasteiger partial charge on any atom is -0.355 e. The minimum absolute atomic E-state index is 0.0494. The van der Waals surface area contributed by atoms with Crippen LogP contribution in [-0.2, 0) is 14.4 Å². The number of unbranched alkanes of at least 4 members (excludes halogenated alkanes) is 3. The van der Waals surface area contributed by atoms with E-state index in [1.165, 1.54) is 4.90 Å². The van der Waals surface area contributed by atoms with Crippen molar-refractivity contribution in [3.05, 3.63) is 0 Å². The van der Waals surface area contributed by atoms with Gasteiger partial charge in [0.1, 0.15) is 13.1 Å². The summed E-state index contributed by atoms with van der Waals surface area (Å²) in [6.07, 6.45) is 6.08. The van der Waals surface area contributed by atoms with Crippen LogP contribution < -0.4 is 10.6 Å². The van der Waals surface area contributed by atoms with E-state index in [2.05, 4.69) is 17.6 Å². The van der Waals surface area contributed by atoms with Gasteiger partial charge >= 0.3 is 0 Å². The van der Waals surface area contributed by atoms with Crippen molar-refractivity contribution in [3.63, 3.8) is 0 Å². The predicted octanol–water partition coefficient (Wildman–Crippen LogP) is 1.84. The minimum atomic E-state index is -0.211. The average Bonchev–Trinajstić information content (AvgIpc) is 2.54. The molecule has 0 aliphatic carbocycles. The fraction of sp³-hybridized carbons (Fsp3) is 0.824. The molecule has 2 N–H and O–H groups in total. The lowest BCUT2D eigenvalue weighted by molar-refractivity contribution is -0.139. The molecule has 3 amide bonds. The average molecular weight is 327 g/mol. The first-order chi connectivity index (χ1) is 11.0. The molecule has 0 aromatic rings. The van der Waals surface area contributed by atoms with Crippen molar-refractivity contribution < 1.29 is 14.4 Å². The normalized spacial score (nSPS) is 10.2. The highest BCUT2D eigenvalue weighted by atomic mass is 16.2. The van der Waals surface area contributed by atoms with E-state index < -0.39 is 0 Å². The van der Waals surface area contributed by atoms with E-state index in [9.17, 15) is 14.4 Å². The maximum Gasteiger partial charge on any atom is 0.239 e. The Morgan fingerprint density at radius 2 is 1.26 bits per heavy atom. The Morgan fingerprint density at radius 1 is 0.739 bits per heavy atom. The second-order valence-electron chi connectivity index (χ2n) is 5.76. The number of nitrogens with one attached hydrogen (secondary N) is 2. The van der Waals surface area contributed by atoms with Gasteiger partial charge in [0.2, 0.25) is 17.7 Å².